The zero-order chi connectivity index (χ0) is 9.42. The Kier molecular flexibility index (Phi) is 1.65. The molecule has 0 bridgehead atoms. The van der Waals surface area contributed by atoms with Gasteiger partial charge in [-0.3, -0.25) is 4.79 Å². The molecule has 1 aliphatic rings. The zero-order valence-electron chi connectivity index (χ0n) is 6.83. The van der Waals surface area contributed by atoms with Crippen LogP contribution in [-0.4, -0.2) is 26.8 Å². The zero-order valence-corrected chi connectivity index (χ0v) is 6.83. The molecule has 0 spiro atoms. The van der Waals surface area contributed by atoms with Crippen LogP contribution in [0.4, 0.5) is 0 Å². The molecule has 1 aliphatic carbocycles. The first-order chi connectivity index (χ1) is 6.18. The number of ketones is 1. The van der Waals surface area contributed by atoms with Gasteiger partial charge in [0.25, 0.3) is 0 Å². The molecule has 0 fully saturated rings. The molecular formula is C8H8N2O3. The Labute approximate surface area is 73.8 Å². The quantitative estimate of drug-likeness (QED) is 0.663. The molecule has 1 aromatic heterocycles. The number of rotatable bonds is 1. The number of nitrogens with one attached hydrogen (secondary N) is 1. The van der Waals surface area contributed by atoms with Crippen molar-refractivity contribution in [2.75, 3.05) is 0 Å². The molecule has 13 heavy (non-hydrogen) atoms. The third kappa shape index (κ3) is 1.22. The minimum absolute atomic E-state index is 0.0648. The SMILES string of the molecule is O=C(O)c1nc2c([nH]1)CCCC2=O. The Morgan fingerprint density at radius 3 is 2.85 bits per heavy atom. The van der Waals surface area contributed by atoms with Crippen molar-refractivity contribution in [1.82, 2.24) is 9.97 Å². The minimum Gasteiger partial charge on any atom is -0.475 e. The monoisotopic (exact) mass is 180 g/mol. The van der Waals surface area contributed by atoms with Gasteiger partial charge < -0.3 is 10.1 Å². The van der Waals surface area contributed by atoms with E-state index in [9.17, 15) is 9.59 Å². The Morgan fingerprint density at radius 2 is 2.23 bits per heavy atom. The first-order valence-corrected chi connectivity index (χ1v) is 4.04. The summed E-state index contributed by atoms with van der Waals surface area (Å²) in [6.45, 7) is 0. The van der Waals surface area contributed by atoms with E-state index in [2.05, 4.69) is 9.97 Å². The Bertz CT molecular complexity index is 381. The number of aromatic nitrogens is 2. The number of hydrogen-bond donors (Lipinski definition) is 2. The largest absolute Gasteiger partial charge is 0.475 e. The Hall–Kier alpha value is -1.65. The number of nitrogens with zero attached hydrogens (tertiary/aromatic N) is 1. The number of aryl methyl sites for hydroxylation is 1. The molecule has 0 unspecified atom stereocenters. The molecule has 68 valence electrons. The topological polar surface area (TPSA) is 83.0 Å². The number of H-pyrrole nitrogens is 1. The van der Waals surface area contributed by atoms with Crippen molar-refractivity contribution in [3.8, 4) is 0 Å². The summed E-state index contributed by atoms with van der Waals surface area (Å²) < 4.78 is 0. The molecule has 5 nitrogen and oxygen atoms in total. The van der Waals surface area contributed by atoms with E-state index in [-0.39, 0.29) is 11.6 Å². The van der Waals surface area contributed by atoms with Crippen LogP contribution in [-0.2, 0) is 6.42 Å². The number of carboxylic acid groups (broad SMARTS) is 1. The van der Waals surface area contributed by atoms with E-state index < -0.39 is 5.97 Å². The van der Waals surface area contributed by atoms with Crippen molar-refractivity contribution in [2.45, 2.75) is 19.3 Å². The van der Waals surface area contributed by atoms with Crippen LogP contribution in [0.1, 0.15) is 39.6 Å². The Morgan fingerprint density at radius 1 is 1.46 bits per heavy atom. The van der Waals surface area contributed by atoms with Crippen LogP contribution in [0, 0.1) is 0 Å². The molecule has 0 aromatic carbocycles. The van der Waals surface area contributed by atoms with E-state index in [1.165, 1.54) is 0 Å². The van der Waals surface area contributed by atoms with Gasteiger partial charge in [0.05, 0.1) is 0 Å². The van der Waals surface area contributed by atoms with Gasteiger partial charge in [-0.15, -0.1) is 0 Å². The number of carbonyl (C=O) groups excluding carboxylic acids is 1. The maximum Gasteiger partial charge on any atom is 0.371 e. The fraction of sp³-hybridized carbons (Fsp3) is 0.375. The van der Waals surface area contributed by atoms with Crippen molar-refractivity contribution in [3.05, 3.63) is 17.2 Å². The smallest absolute Gasteiger partial charge is 0.371 e. The summed E-state index contributed by atoms with van der Waals surface area (Å²) in [4.78, 5) is 28.1. The summed E-state index contributed by atoms with van der Waals surface area (Å²) in [7, 11) is 0. The van der Waals surface area contributed by atoms with E-state index in [4.69, 9.17) is 5.11 Å². The summed E-state index contributed by atoms with van der Waals surface area (Å²) in [5, 5.41) is 8.62. The highest BCUT2D eigenvalue weighted by atomic mass is 16.4. The standard InChI is InChI=1S/C8H8N2O3/c11-5-3-1-2-4-6(5)10-7(9-4)8(12)13/h1-3H2,(H,9,10)(H,12,13). The molecule has 1 aromatic rings. The second-order valence-corrected chi connectivity index (χ2v) is 2.99. The van der Waals surface area contributed by atoms with Gasteiger partial charge in [-0.1, -0.05) is 0 Å². The third-order valence-corrected chi connectivity index (χ3v) is 2.08. The number of aromatic amines is 1. The summed E-state index contributed by atoms with van der Waals surface area (Å²) in [5.74, 6) is -1.33. The normalized spacial score (nSPS) is 15.5. The van der Waals surface area contributed by atoms with Crippen molar-refractivity contribution >= 4 is 11.8 Å². The van der Waals surface area contributed by atoms with Gasteiger partial charge in [0.1, 0.15) is 5.69 Å². The summed E-state index contributed by atoms with van der Waals surface area (Å²) >= 11 is 0. The van der Waals surface area contributed by atoms with E-state index in [0.29, 0.717) is 24.2 Å². The van der Waals surface area contributed by atoms with E-state index in [0.717, 1.165) is 6.42 Å². The number of carboxylic acids is 1. The molecule has 0 radical (unpaired) electrons. The van der Waals surface area contributed by atoms with Crippen LogP contribution in [0.3, 0.4) is 0 Å². The van der Waals surface area contributed by atoms with Crippen molar-refractivity contribution < 1.29 is 14.7 Å². The molecule has 0 amide bonds. The lowest BCUT2D eigenvalue weighted by molar-refractivity contribution is 0.0684. The minimum atomic E-state index is -1.12. The average molecular weight is 180 g/mol. The van der Waals surface area contributed by atoms with E-state index in [1.54, 1.807) is 0 Å². The van der Waals surface area contributed by atoms with E-state index >= 15 is 0 Å². The fourth-order valence-electron chi connectivity index (χ4n) is 1.47. The number of hydrogen-bond acceptors (Lipinski definition) is 3. The van der Waals surface area contributed by atoms with Gasteiger partial charge in [0, 0.05) is 12.1 Å². The molecule has 0 saturated carbocycles. The van der Waals surface area contributed by atoms with Gasteiger partial charge in [-0.2, -0.15) is 0 Å². The highest BCUT2D eigenvalue weighted by Gasteiger charge is 2.23. The number of imidazole rings is 1. The maximum atomic E-state index is 11.2. The predicted octanol–water partition coefficient (Wildman–Crippen LogP) is 0.627. The van der Waals surface area contributed by atoms with Crippen LogP contribution in [0.2, 0.25) is 0 Å². The lowest BCUT2D eigenvalue weighted by Gasteiger charge is -2.06. The molecule has 2 rings (SSSR count). The molecule has 5 heteroatoms. The van der Waals surface area contributed by atoms with Crippen molar-refractivity contribution in [3.63, 3.8) is 0 Å². The number of carbonyl (C=O) groups is 2. The summed E-state index contributed by atoms with van der Waals surface area (Å²) in [5.41, 5.74) is 0.970. The molecule has 0 saturated heterocycles. The second kappa shape index (κ2) is 2.69. The van der Waals surface area contributed by atoms with Crippen LogP contribution in [0.25, 0.3) is 0 Å². The highest BCUT2D eigenvalue weighted by molar-refractivity contribution is 5.97. The average Bonchev–Trinajstić information content (AvgIpc) is 2.49. The second-order valence-electron chi connectivity index (χ2n) is 2.99. The first-order valence-electron chi connectivity index (χ1n) is 4.04. The molecule has 1 heterocycles. The van der Waals surface area contributed by atoms with E-state index in [1.807, 2.05) is 0 Å². The highest BCUT2D eigenvalue weighted by Crippen LogP contribution is 2.18. The number of fused-ring (bicyclic) bond motifs is 1. The molecule has 0 aliphatic heterocycles. The van der Waals surface area contributed by atoms with Crippen molar-refractivity contribution in [2.24, 2.45) is 0 Å². The van der Waals surface area contributed by atoms with Gasteiger partial charge in [-0.05, 0) is 12.8 Å². The van der Waals surface area contributed by atoms with Crippen LogP contribution >= 0.6 is 0 Å². The predicted molar refractivity (Wildman–Crippen MR) is 42.8 cm³/mol. The first kappa shape index (κ1) is 7.97. The van der Waals surface area contributed by atoms with Gasteiger partial charge in [0.2, 0.25) is 5.82 Å². The van der Waals surface area contributed by atoms with Crippen LogP contribution in [0.15, 0.2) is 0 Å². The lowest BCUT2D eigenvalue weighted by atomic mass is 10.0. The molecule has 2 N–H and O–H groups in total. The van der Waals surface area contributed by atoms with Crippen LogP contribution in [0.5, 0.6) is 0 Å². The fourth-order valence-corrected chi connectivity index (χ4v) is 1.47. The summed E-state index contributed by atoms with van der Waals surface area (Å²) in [6, 6.07) is 0. The van der Waals surface area contributed by atoms with Crippen molar-refractivity contribution in [1.29, 1.82) is 0 Å². The molecule has 0 atom stereocenters. The van der Waals surface area contributed by atoms with Gasteiger partial charge in [0.15, 0.2) is 5.78 Å². The van der Waals surface area contributed by atoms with Gasteiger partial charge in [-0.25, -0.2) is 9.78 Å². The van der Waals surface area contributed by atoms with Crippen LogP contribution < -0.4 is 0 Å². The summed E-state index contributed by atoms with van der Waals surface area (Å²) in [6.07, 6.45) is 1.95. The van der Waals surface area contributed by atoms with Gasteiger partial charge >= 0.3 is 5.97 Å². The third-order valence-electron chi connectivity index (χ3n) is 2.08. The molecular weight excluding hydrogens is 172 g/mol. The Balaban J connectivity index is 2.48. The maximum absolute atomic E-state index is 11.2. The lowest BCUT2D eigenvalue weighted by Crippen LogP contribution is -2.09. The number of aromatic carboxylic acids is 1. The number of Topliss-reactive ketones (excluding diaryl/α,β-unsaturated/α-hetero) is 1.